The first-order valence-corrected chi connectivity index (χ1v) is 9.52. The summed E-state index contributed by atoms with van der Waals surface area (Å²) in [6.45, 7) is 2.03. The lowest BCUT2D eigenvalue weighted by Gasteiger charge is -2.07. The van der Waals surface area contributed by atoms with E-state index in [0.29, 0.717) is 14.9 Å². The average molecular weight is 457 g/mol. The van der Waals surface area contributed by atoms with Crippen molar-refractivity contribution in [2.75, 3.05) is 20.3 Å². The zero-order valence-corrected chi connectivity index (χ0v) is 17.0. The molecule has 0 saturated carbocycles. The van der Waals surface area contributed by atoms with Gasteiger partial charge in [-0.2, -0.15) is 0 Å². The molecule has 0 spiro atoms. The molecule has 144 valence electrons. The van der Waals surface area contributed by atoms with Gasteiger partial charge in [0.1, 0.15) is 0 Å². The molecule has 0 fully saturated rings. The van der Waals surface area contributed by atoms with E-state index < -0.39 is 17.9 Å². The number of carboxylic acids is 1. The maximum Gasteiger partial charge on any atom is 0.351 e. The molecule has 0 aliphatic carbocycles. The Hall–Kier alpha value is -2.39. The van der Waals surface area contributed by atoms with Gasteiger partial charge >= 0.3 is 17.9 Å². The zero-order chi connectivity index (χ0) is 20.0. The summed E-state index contributed by atoms with van der Waals surface area (Å²) in [6, 6.07) is 6.23. The van der Waals surface area contributed by atoms with E-state index in [1.807, 2.05) is 0 Å². The highest BCUT2D eigenvalue weighted by Gasteiger charge is 2.25. The number of halogens is 1. The molecule has 1 N–H and O–H groups in total. The van der Waals surface area contributed by atoms with E-state index in [1.165, 1.54) is 19.2 Å². The van der Waals surface area contributed by atoms with Gasteiger partial charge in [0.2, 0.25) is 0 Å². The third kappa shape index (κ3) is 5.08. The number of benzene rings is 1. The molecule has 0 radical (unpaired) electrons. The largest absolute Gasteiger partial charge is 0.490 e. The molecule has 0 aliphatic rings. The molecular weight excluding hydrogens is 440 g/mol. The molecule has 0 bridgehead atoms. The number of carboxylic acid groups (broad SMARTS) is 1. The fraction of sp³-hybridized carbons (Fsp3) is 0.278. The first-order chi connectivity index (χ1) is 12.9. The Morgan fingerprint density at radius 2 is 1.85 bits per heavy atom. The molecule has 2 aromatic rings. The summed E-state index contributed by atoms with van der Waals surface area (Å²) in [5.41, 5.74) is 0.868. The third-order valence-electron chi connectivity index (χ3n) is 3.43. The fourth-order valence-electron chi connectivity index (χ4n) is 2.17. The van der Waals surface area contributed by atoms with Crippen LogP contribution in [-0.2, 0) is 14.3 Å². The van der Waals surface area contributed by atoms with Crippen molar-refractivity contribution < 1.29 is 33.7 Å². The summed E-state index contributed by atoms with van der Waals surface area (Å²) < 4.78 is 15.8. The number of aromatic carboxylic acids is 1. The van der Waals surface area contributed by atoms with Crippen molar-refractivity contribution in [2.45, 2.75) is 13.3 Å². The molecule has 7 nitrogen and oxygen atoms in total. The van der Waals surface area contributed by atoms with E-state index in [4.69, 9.17) is 19.3 Å². The smallest absolute Gasteiger partial charge is 0.351 e. The van der Waals surface area contributed by atoms with Crippen molar-refractivity contribution >= 4 is 45.2 Å². The fourth-order valence-corrected chi connectivity index (χ4v) is 4.15. The normalized spacial score (nSPS) is 10.3. The monoisotopic (exact) mass is 456 g/mol. The summed E-state index contributed by atoms with van der Waals surface area (Å²) in [4.78, 5) is 35.5. The molecule has 9 heteroatoms. The predicted molar refractivity (Wildman–Crippen MR) is 102 cm³/mol. The Labute approximate surface area is 168 Å². The van der Waals surface area contributed by atoms with Crippen LogP contribution >= 0.6 is 27.3 Å². The van der Waals surface area contributed by atoms with Crippen LogP contribution in [0.4, 0.5) is 0 Å². The molecular formula is C18H17BrO7S. The Kier molecular flexibility index (Phi) is 7.37. The topological polar surface area (TPSA) is 99.1 Å². The maximum atomic E-state index is 12.1. The summed E-state index contributed by atoms with van der Waals surface area (Å²) in [5, 5.41) is 9.01. The van der Waals surface area contributed by atoms with Gasteiger partial charge in [-0.3, -0.25) is 4.79 Å². The number of ether oxygens (including phenoxy) is 3. The van der Waals surface area contributed by atoms with Gasteiger partial charge in [0.15, 0.2) is 10.6 Å². The SMILES string of the molecule is CCOC(=O)CCOc1c(C(=O)OC)sc(-c2ccc(C(=O)O)cc2)c1Br. The second kappa shape index (κ2) is 9.52. The van der Waals surface area contributed by atoms with Crippen molar-refractivity contribution in [2.24, 2.45) is 0 Å². The first kappa shape index (κ1) is 20.9. The van der Waals surface area contributed by atoms with Crippen LogP contribution in [0, 0.1) is 0 Å². The highest BCUT2D eigenvalue weighted by atomic mass is 79.9. The molecule has 0 aliphatic heterocycles. The highest BCUT2D eigenvalue weighted by Crippen LogP contribution is 2.46. The van der Waals surface area contributed by atoms with Crippen LogP contribution in [0.2, 0.25) is 0 Å². The maximum absolute atomic E-state index is 12.1. The Balaban J connectivity index is 2.31. The molecule has 0 atom stereocenters. The average Bonchev–Trinajstić information content (AvgIpc) is 2.98. The summed E-state index contributed by atoms with van der Waals surface area (Å²) >= 11 is 4.57. The van der Waals surface area contributed by atoms with Crippen LogP contribution in [0.15, 0.2) is 28.7 Å². The summed E-state index contributed by atoms with van der Waals surface area (Å²) in [7, 11) is 1.26. The van der Waals surface area contributed by atoms with E-state index in [0.717, 1.165) is 11.3 Å². The van der Waals surface area contributed by atoms with Gasteiger partial charge in [-0.25, -0.2) is 9.59 Å². The van der Waals surface area contributed by atoms with Crippen molar-refractivity contribution in [3.8, 4) is 16.2 Å². The van der Waals surface area contributed by atoms with Crippen molar-refractivity contribution in [1.29, 1.82) is 0 Å². The van der Waals surface area contributed by atoms with Gasteiger partial charge in [-0.05, 0) is 40.5 Å². The molecule has 0 amide bonds. The Morgan fingerprint density at radius 1 is 1.19 bits per heavy atom. The van der Waals surface area contributed by atoms with Gasteiger partial charge in [0.25, 0.3) is 0 Å². The lowest BCUT2D eigenvalue weighted by atomic mass is 10.1. The van der Waals surface area contributed by atoms with Gasteiger partial charge in [-0.15, -0.1) is 11.3 Å². The quantitative estimate of drug-likeness (QED) is 0.599. The molecule has 1 aromatic carbocycles. The lowest BCUT2D eigenvalue weighted by Crippen LogP contribution is -2.10. The van der Waals surface area contributed by atoms with E-state index >= 15 is 0 Å². The number of hydrogen-bond acceptors (Lipinski definition) is 7. The van der Waals surface area contributed by atoms with E-state index in [1.54, 1.807) is 19.1 Å². The summed E-state index contributed by atoms with van der Waals surface area (Å²) in [5.74, 6) is -1.72. The van der Waals surface area contributed by atoms with Gasteiger partial charge in [0, 0.05) is 0 Å². The number of carbonyl (C=O) groups excluding carboxylic acids is 2. The molecule has 27 heavy (non-hydrogen) atoms. The van der Waals surface area contributed by atoms with E-state index in [2.05, 4.69) is 15.9 Å². The second-order valence-corrected chi connectivity index (χ2v) is 6.99. The lowest BCUT2D eigenvalue weighted by molar-refractivity contribution is -0.143. The number of carbonyl (C=O) groups is 3. The summed E-state index contributed by atoms with van der Waals surface area (Å²) in [6.07, 6.45) is 0.0411. The van der Waals surface area contributed by atoms with Crippen LogP contribution < -0.4 is 4.74 Å². The number of thiophene rings is 1. The van der Waals surface area contributed by atoms with Crippen LogP contribution in [0.5, 0.6) is 5.75 Å². The van der Waals surface area contributed by atoms with Crippen LogP contribution in [0.1, 0.15) is 33.4 Å². The van der Waals surface area contributed by atoms with Crippen molar-refractivity contribution in [3.63, 3.8) is 0 Å². The predicted octanol–water partition coefficient (Wildman–Crippen LogP) is 3.99. The number of methoxy groups -OCH3 is 1. The molecule has 0 saturated heterocycles. The molecule has 0 unspecified atom stereocenters. The standard InChI is InChI=1S/C18H17BrO7S/c1-3-25-12(20)8-9-26-14-13(19)15(27-16(14)18(23)24-2)10-4-6-11(7-5-10)17(21)22/h4-7H,3,8-9H2,1-2H3,(H,21,22). The molecule has 1 heterocycles. The van der Waals surface area contributed by atoms with Gasteiger partial charge < -0.3 is 19.3 Å². The third-order valence-corrected chi connectivity index (χ3v) is 5.65. The van der Waals surface area contributed by atoms with E-state index in [-0.39, 0.29) is 35.8 Å². The van der Waals surface area contributed by atoms with E-state index in [9.17, 15) is 14.4 Å². The number of hydrogen-bond donors (Lipinski definition) is 1. The Morgan fingerprint density at radius 3 is 2.41 bits per heavy atom. The zero-order valence-electron chi connectivity index (χ0n) is 14.6. The first-order valence-electron chi connectivity index (χ1n) is 7.91. The number of esters is 2. The van der Waals surface area contributed by atoms with Crippen LogP contribution in [-0.4, -0.2) is 43.3 Å². The Bertz CT molecular complexity index is 842. The minimum absolute atomic E-state index is 0.0373. The van der Waals surface area contributed by atoms with Crippen molar-refractivity contribution in [1.82, 2.24) is 0 Å². The van der Waals surface area contributed by atoms with Crippen molar-refractivity contribution in [3.05, 3.63) is 39.2 Å². The van der Waals surface area contributed by atoms with Gasteiger partial charge in [-0.1, -0.05) is 12.1 Å². The molecule has 1 aromatic heterocycles. The van der Waals surface area contributed by atoms with Crippen LogP contribution in [0.25, 0.3) is 10.4 Å². The second-order valence-electron chi connectivity index (χ2n) is 5.18. The number of rotatable bonds is 8. The molecule has 2 rings (SSSR count). The minimum Gasteiger partial charge on any atom is -0.490 e. The highest BCUT2D eigenvalue weighted by molar-refractivity contribution is 9.10. The minimum atomic E-state index is -1.02. The van der Waals surface area contributed by atoms with Crippen LogP contribution in [0.3, 0.4) is 0 Å². The van der Waals surface area contributed by atoms with Gasteiger partial charge in [0.05, 0.1) is 41.7 Å².